The van der Waals surface area contributed by atoms with Gasteiger partial charge in [0.25, 0.3) is 0 Å². The second-order valence-corrected chi connectivity index (χ2v) is 5.47. The van der Waals surface area contributed by atoms with Crippen molar-refractivity contribution in [2.45, 2.75) is 25.3 Å². The molecule has 16 heavy (non-hydrogen) atoms. The standard InChI is InChI=1S/C11H16N2O2S/c1-6-8(11(14)15)4-10(16-6)7-2-3-13-5-9(7)12/h4,7,9,13H,2-3,5,12H2,1H3,(H,14,15). The first-order valence-corrected chi connectivity index (χ1v) is 6.21. The van der Waals surface area contributed by atoms with E-state index in [1.807, 2.05) is 6.92 Å². The van der Waals surface area contributed by atoms with Gasteiger partial charge >= 0.3 is 5.97 Å². The topological polar surface area (TPSA) is 75.3 Å². The molecule has 0 aromatic carbocycles. The van der Waals surface area contributed by atoms with Gasteiger partial charge < -0.3 is 16.2 Å². The summed E-state index contributed by atoms with van der Waals surface area (Å²) in [5, 5.41) is 12.2. The van der Waals surface area contributed by atoms with Crippen molar-refractivity contribution in [3.63, 3.8) is 0 Å². The lowest BCUT2D eigenvalue weighted by atomic mass is 9.91. The number of thiophene rings is 1. The molecule has 5 heteroatoms. The Morgan fingerprint density at radius 1 is 1.69 bits per heavy atom. The van der Waals surface area contributed by atoms with Gasteiger partial charge in [-0.25, -0.2) is 4.79 Å². The highest BCUT2D eigenvalue weighted by Crippen LogP contribution is 2.32. The molecule has 0 aliphatic carbocycles. The number of nitrogens with two attached hydrogens (primary N) is 1. The molecule has 0 bridgehead atoms. The van der Waals surface area contributed by atoms with Crippen molar-refractivity contribution in [2.24, 2.45) is 5.73 Å². The van der Waals surface area contributed by atoms with Crippen molar-refractivity contribution in [3.8, 4) is 0 Å². The average Bonchev–Trinajstić information content (AvgIpc) is 2.61. The van der Waals surface area contributed by atoms with E-state index in [1.54, 1.807) is 17.4 Å². The van der Waals surface area contributed by atoms with Gasteiger partial charge in [-0.05, 0) is 26.0 Å². The van der Waals surface area contributed by atoms with Crippen molar-refractivity contribution in [2.75, 3.05) is 13.1 Å². The number of carboxylic acids is 1. The Morgan fingerprint density at radius 2 is 2.44 bits per heavy atom. The van der Waals surface area contributed by atoms with E-state index in [2.05, 4.69) is 5.32 Å². The maximum atomic E-state index is 11.0. The number of hydrogen-bond donors (Lipinski definition) is 3. The van der Waals surface area contributed by atoms with Crippen LogP contribution >= 0.6 is 11.3 Å². The summed E-state index contributed by atoms with van der Waals surface area (Å²) in [7, 11) is 0. The SMILES string of the molecule is Cc1sc(C2CCNCC2N)cc1C(=O)O. The van der Waals surface area contributed by atoms with Gasteiger partial charge in [0.1, 0.15) is 0 Å². The van der Waals surface area contributed by atoms with Crippen LogP contribution in [0.4, 0.5) is 0 Å². The third-order valence-corrected chi connectivity index (χ3v) is 4.24. The number of nitrogens with one attached hydrogen (secondary N) is 1. The molecule has 0 radical (unpaired) electrons. The van der Waals surface area contributed by atoms with Crippen molar-refractivity contribution >= 4 is 17.3 Å². The molecule has 1 aromatic rings. The maximum absolute atomic E-state index is 11.0. The summed E-state index contributed by atoms with van der Waals surface area (Å²) in [5.74, 6) is -0.541. The molecule has 4 nitrogen and oxygen atoms in total. The minimum absolute atomic E-state index is 0.0912. The largest absolute Gasteiger partial charge is 0.478 e. The summed E-state index contributed by atoms with van der Waals surface area (Å²) < 4.78 is 0. The minimum Gasteiger partial charge on any atom is -0.478 e. The number of rotatable bonds is 2. The van der Waals surface area contributed by atoms with Gasteiger partial charge in [-0.2, -0.15) is 0 Å². The molecular weight excluding hydrogens is 224 g/mol. The number of aromatic carboxylic acids is 1. The van der Waals surface area contributed by atoms with Crippen molar-refractivity contribution in [1.29, 1.82) is 0 Å². The molecule has 2 atom stereocenters. The zero-order valence-corrected chi connectivity index (χ0v) is 10.0. The van der Waals surface area contributed by atoms with Gasteiger partial charge in [-0.3, -0.25) is 0 Å². The van der Waals surface area contributed by atoms with E-state index in [0.717, 1.165) is 29.3 Å². The van der Waals surface area contributed by atoms with Gasteiger partial charge in [0, 0.05) is 28.3 Å². The lowest BCUT2D eigenvalue weighted by Crippen LogP contribution is -2.44. The summed E-state index contributed by atoms with van der Waals surface area (Å²) >= 11 is 1.56. The Balaban J connectivity index is 2.26. The Morgan fingerprint density at radius 3 is 3.00 bits per heavy atom. The highest BCUT2D eigenvalue weighted by molar-refractivity contribution is 7.12. The molecule has 1 fully saturated rings. The summed E-state index contributed by atoms with van der Waals surface area (Å²) in [6, 6.07) is 1.88. The van der Waals surface area contributed by atoms with Crippen LogP contribution in [-0.4, -0.2) is 30.2 Å². The Hall–Kier alpha value is -0.910. The molecule has 0 saturated carbocycles. The van der Waals surface area contributed by atoms with E-state index in [0.29, 0.717) is 11.5 Å². The normalized spacial score (nSPS) is 25.6. The van der Waals surface area contributed by atoms with E-state index in [4.69, 9.17) is 10.8 Å². The second-order valence-electron chi connectivity index (χ2n) is 4.19. The number of hydrogen-bond acceptors (Lipinski definition) is 4. The third-order valence-electron chi connectivity index (χ3n) is 3.06. The summed E-state index contributed by atoms with van der Waals surface area (Å²) in [6.07, 6.45) is 0.986. The molecule has 1 aliphatic rings. The fourth-order valence-corrected chi connectivity index (χ4v) is 3.37. The molecule has 0 amide bonds. The summed E-state index contributed by atoms with van der Waals surface area (Å²) in [4.78, 5) is 12.9. The van der Waals surface area contributed by atoms with E-state index >= 15 is 0 Å². The predicted octanol–water partition coefficient (Wildman–Crippen LogP) is 1.16. The van der Waals surface area contributed by atoms with Crippen LogP contribution in [0.15, 0.2) is 6.07 Å². The zero-order valence-electron chi connectivity index (χ0n) is 9.19. The molecule has 2 rings (SSSR count). The molecule has 4 N–H and O–H groups in total. The molecule has 2 heterocycles. The fraction of sp³-hybridized carbons (Fsp3) is 0.545. The van der Waals surface area contributed by atoms with Crippen LogP contribution < -0.4 is 11.1 Å². The number of piperidine rings is 1. The fourth-order valence-electron chi connectivity index (χ4n) is 2.14. The monoisotopic (exact) mass is 240 g/mol. The van der Waals surface area contributed by atoms with Crippen molar-refractivity contribution < 1.29 is 9.90 Å². The quantitative estimate of drug-likeness (QED) is 0.725. The molecule has 88 valence electrons. The van der Waals surface area contributed by atoms with E-state index in [1.165, 1.54) is 0 Å². The molecule has 0 spiro atoms. The smallest absolute Gasteiger partial charge is 0.336 e. The minimum atomic E-state index is -0.845. The van der Waals surface area contributed by atoms with Gasteiger partial charge in [0.15, 0.2) is 0 Å². The van der Waals surface area contributed by atoms with Crippen LogP contribution in [0, 0.1) is 6.92 Å². The molecule has 1 saturated heterocycles. The highest BCUT2D eigenvalue weighted by Gasteiger charge is 2.26. The highest BCUT2D eigenvalue weighted by atomic mass is 32.1. The van der Waals surface area contributed by atoms with Crippen LogP contribution in [0.1, 0.15) is 32.5 Å². The van der Waals surface area contributed by atoms with Gasteiger partial charge in [0.05, 0.1) is 5.56 Å². The van der Waals surface area contributed by atoms with Gasteiger partial charge in [-0.1, -0.05) is 0 Å². The molecular formula is C11H16N2O2S. The second kappa shape index (κ2) is 4.53. The molecule has 1 aliphatic heterocycles. The van der Waals surface area contributed by atoms with Gasteiger partial charge in [0.2, 0.25) is 0 Å². The molecule has 1 aromatic heterocycles. The Kier molecular flexibility index (Phi) is 3.28. The lowest BCUT2D eigenvalue weighted by Gasteiger charge is -2.28. The number of carbonyl (C=O) groups is 1. The van der Waals surface area contributed by atoms with Crippen LogP contribution in [0.25, 0.3) is 0 Å². The predicted molar refractivity (Wildman–Crippen MR) is 64.2 cm³/mol. The zero-order chi connectivity index (χ0) is 11.7. The van der Waals surface area contributed by atoms with Crippen LogP contribution in [0.3, 0.4) is 0 Å². The Labute approximate surface area is 98.5 Å². The summed E-state index contributed by atoms with van der Waals surface area (Å²) in [6.45, 7) is 3.62. The first-order valence-electron chi connectivity index (χ1n) is 5.39. The van der Waals surface area contributed by atoms with Crippen molar-refractivity contribution in [3.05, 3.63) is 21.4 Å². The third kappa shape index (κ3) is 2.11. The van der Waals surface area contributed by atoms with Crippen LogP contribution in [0.2, 0.25) is 0 Å². The lowest BCUT2D eigenvalue weighted by molar-refractivity contribution is 0.0696. The maximum Gasteiger partial charge on any atom is 0.336 e. The van der Waals surface area contributed by atoms with E-state index in [9.17, 15) is 4.79 Å². The van der Waals surface area contributed by atoms with E-state index < -0.39 is 5.97 Å². The van der Waals surface area contributed by atoms with Crippen LogP contribution in [-0.2, 0) is 0 Å². The summed E-state index contributed by atoms with van der Waals surface area (Å²) in [5.41, 5.74) is 6.47. The van der Waals surface area contributed by atoms with Crippen molar-refractivity contribution in [1.82, 2.24) is 5.32 Å². The molecule has 2 unspecified atom stereocenters. The first kappa shape index (κ1) is 11.6. The van der Waals surface area contributed by atoms with Crippen LogP contribution in [0.5, 0.6) is 0 Å². The first-order chi connectivity index (χ1) is 7.59. The van der Waals surface area contributed by atoms with E-state index in [-0.39, 0.29) is 6.04 Å². The van der Waals surface area contributed by atoms with Gasteiger partial charge in [-0.15, -0.1) is 11.3 Å². The Bertz CT molecular complexity index is 403. The number of carboxylic acid groups (broad SMARTS) is 1. The average molecular weight is 240 g/mol. The number of aryl methyl sites for hydroxylation is 1.